The summed E-state index contributed by atoms with van der Waals surface area (Å²) in [6.07, 6.45) is 1.09. The van der Waals surface area contributed by atoms with Crippen LogP contribution in [-0.4, -0.2) is 37.2 Å². The Morgan fingerprint density at radius 1 is 1.50 bits per heavy atom. The number of ether oxygens (including phenoxy) is 1. The molecule has 18 heavy (non-hydrogen) atoms. The zero-order valence-electron chi connectivity index (χ0n) is 9.94. The third kappa shape index (κ3) is 4.59. The second kappa shape index (κ2) is 7.56. The SMILES string of the molecule is Cl.NC1CCN(CCOc2ccc(Cl)cc2Br)C1. The molecule has 0 spiro atoms. The molecule has 1 unspecified atom stereocenters. The highest BCUT2D eigenvalue weighted by Crippen LogP contribution is 2.27. The lowest BCUT2D eigenvalue weighted by Gasteiger charge is -2.16. The minimum absolute atomic E-state index is 0. The van der Waals surface area contributed by atoms with Gasteiger partial charge in [-0.25, -0.2) is 0 Å². The molecule has 1 aromatic rings. The van der Waals surface area contributed by atoms with Gasteiger partial charge in [0, 0.05) is 24.2 Å². The molecule has 2 N–H and O–H groups in total. The summed E-state index contributed by atoms with van der Waals surface area (Å²) in [5.41, 5.74) is 5.84. The van der Waals surface area contributed by atoms with Gasteiger partial charge in [-0.2, -0.15) is 0 Å². The highest BCUT2D eigenvalue weighted by atomic mass is 79.9. The Hall–Kier alpha value is -0.0000000000000000555. The van der Waals surface area contributed by atoms with Crippen molar-refractivity contribution in [3.63, 3.8) is 0 Å². The highest BCUT2D eigenvalue weighted by Gasteiger charge is 2.18. The molecule has 0 amide bonds. The van der Waals surface area contributed by atoms with E-state index < -0.39 is 0 Å². The molecule has 0 radical (unpaired) electrons. The Balaban J connectivity index is 0.00000162. The molecule has 1 fully saturated rings. The van der Waals surface area contributed by atoms with Gasteiger partial charge in [0.25, 0.3) is 0 Å². The molecule has 1 aromatic carbocycles. The molecular weight excluding hydrogens is 339 g/mol. The van der Waals surface area contributed by atoms with E-state index in [0.717, 1.165) is 36.3 Å². The molecule has 3 nitrogen and oxygen atoms in total. The van der Waals surface area contributed by atoms with Gasteiger partial charge in [0.05, 0.1) is 4.47 Å². The fraction of sp³-hybridized carbons (Fsp3) is 0.500. The molecule has 0 bridgehead atoms. The largest absolute Gasteiger partial charge is 0.491 e. The normalized spacial score (nSPS) is 19.6. The van der Waals surface area contributed by atoms with Gasteiger partial charge in [0.1, 0.15) is 12.4 Å². The van der Waals surface area contributed by atoms with Crippen LogP contribution >= 0.6 is 39.9 Å². The predicted molar refractivity (Wildman–Crippen MR) is 80.9 cm³/mol. The van der Waals surface area contributed by atoms with Gasteiger partial charge in [0.2, 0.25) is 0 Å². The first-order valence-electron chi connectivity index (χ1n) is 5.71. The van der Waals surface area contributed by atoms with Crippen LogP contribution in [0.5, 0.6) is 5.75 Å². The van der Waals surface area contributed by atoms with Gasteiger partial charge < -0.3 is 10.5 Å². The molecule has 102 valence electrons. The van der Waals surface area contributed by atoms with E-state index in [0.29, 0.717) is 17.7 Å². The van der Waals surface area contributed by atoms with E-state index in [4.69, 9.17) is 22.1 Å². The van der Waals surface area contributed by atoms with Crippen LogP contribution in [0.1, 0.15) is 6.42 Å². The maximum Gasteiger partial charge on any atom is 0.133 e. The van der Waals surface area contributed by atoms with Crippen LogP contribution in [0.3, 0.4) is 0 Å². The number of likely N-dealkylation sites (tertiary alicyclic amines) is 1. The fourth-order valence-electron chi connectivity index (χ4n) is 1.94. The van der Waals surface area contributed by atoms with Crippen LogP contribution in [0, 0.1) is 0 Å². The summed E-state index contributed by atoms with van der Waals surface area (Å²) in [7, 11) is 0. The monoisotopic (exact) mass is 354 g/mol. The summed E-state index contributed by atoms with van der Waals surface area (Å²) in [4.78, 5) is 2.33. The van der Waals surface area contributed by atoms with Gasteiger partial charge in [-0.1, -0.05) is 11.6 Å². The number of hydrogen-bond acceptors (Lipinski definition) is 3. The Bertz CT molecular complexity index is 392. The van der Waals surface area contributed by atoms with Crippen LogP contribution in [0.15, 0.2) is 22.7 Å². The summed E-state index contributed by atoms with van der Waals surface area (Å²) in [6, 6.07) is 5.87. The Morgan fingerprint density at radius 2 is 2.28 bits per heavy atom. The first kappa shape index (κ1) is 16.1. The van der Waals surface area contributed by atoms with Crippen LogP contribution in [0.25, 0.3) is 0 Å². The van der Waals surface area contributed by atoms with Crippen LogP contribution < -0.4 is 10.5 Å². The predicted octanol–water partition coefficient (Wildman–Crippen LogP) is 2.94. The van der Waals surface area contributed by atoms with Crippen molar-refractivity contribution >= 4 is 39.9 Å². The lowest BCUT2D eigenvalue weighted by Crippen LogP contribution is -2.29. The summed E-state index contributed by atoms with van der Waals surface area (Å²) in [5, 5.41) is 0.703. The summed E-state index contributed by atoms with van der Waals surface area (Å²) in [6.45, 7) is 3.65. The summed E-state index contributed by atoms with van der Waals surface area (Å²) >= 11 is 9.29. The third-order valence-corrected chi connectivity index (χ3v) is 3.72. The highest BCUT2D eigenvalue weighted by molar-refractivity contribution is 9.10. The lowest BCUT2D eigenvalue weighted by molar-refractivity contribution is 0.235. The van der Waals surface area contributed by atoms with Gasteiger partial charge in [-0.15, -0.1) is 12.4 Å². The van der Waals surface area contributed by atoms with Crippen molar-refractivity contribution in [3.8, 4) is 5.75 Å². The van der Waals surface area contributed by atoms with Gasteiger partial charge in [0.15, 0.2) is 0 Å². The van der Waals surface area contributed by atoms with E-state index in [1.165, 1.54) is 0 Å². The van der Waals surface area contributed by atoms with E-state index in [9.17, 15) is 0 Å². The Labute approximate surface area is 127 Å². The average Bonchev–Trinajstić information content (AvgIpc) is 2.68. The molecule has 6 heteroatoms. The van der Waals surface area contributed by atoms with Crippen molar-refractivity contribution in [2.45, 2.75) is 12.5 Å². The molecular formula is C12H17BrCl2N2O. The molecule has 1 atom stereocenters. The van der Waals surface area contributed by atoms with Crippen molar-refractivity contribution in [1.29, 1.82) is 0 Å². The van der Waals surface area contributed by atoms with Crippen LogP contribution in [0.2, 0.25) is 5.02 Å². The maximum atomic E-state index is 5.86. The van der Waals surface area contributed by atoms with E-state index in [2.05, 4.69) is 20.8 Å². The van der Waals surface area contributed by atoms with Crippen molar-refractivity contribution in [1.82, 2.24) is 4.90 Å². The van der Waals surface area contributed by atoms with Gasteiger partial charge >= 0.3 is 0 Å². The lowest BCUT2D eigenvalue weighted by atomic mass is 10.3. The molecule has 1 heterocycles. The standard InChI is InChI=1S/C12H16BrClN2O.ClH/c13-11-7-9(14)1-2-12(11)17-6-5-16-4-3-10(15)8-16;/h1-2,7,10H,3-6,8,15H2;1H. The van der Waals surface area contributed by atoms with E-state index in [1.54, 1.807) is 0 Å². The number of hydrogen-bond donors (Lipinski definition) is 1. The first-order chi connectivity index (χ1) is 8.15. The maximum absolute atomic E-state index is 5.86. The smallest absolute Gasteiger partial charge is 0.133 e. The number of rotatable bonds is 4. The second-order valence-electron chi connectivity index (χ2n) is 4.27. The number of nitrogens with zero attached hydrogens (tertiary/aromatic N) is 1. The van der Waals surface area contributed by atoms with E-state index in [-0.39, 0.29) is 12.4 Å². The molecule has 0 saturated carbocycles. The van der Waals surface area contributed by atoms with E-state index in [1.807, 2.05) is 18.2 Å². The zero-order chi connectivity index (χ0) is 12.3. The molecule has 0 aromatic heterocycles. The minimum Gasteiger partial charge on any atom is -0.491 e. The van der Waals surface area contributed by atoms with Crippen molar-refractivity contribution in [2.24, 2.45) is 5.73 Å². The Kier molecular flexibility index (Phi) is 6.74. The first-order valence-corrected chi connectivity index (χ1v) is 6.88. The molecule has 2 rings (SSSR count). The average molecular weight is 356 g/mol. The third-order valence-electron chi connectivity index (χ3n) is 2.87. The van der Waals surface area contributed by atoms with Crippen molar-refractivity contribution in [2.75, 3.05) is 26.2 Å². The van der Waals surface area contributed by atoms with Crippen molar-refractivity contribution < 1.29 is 4.74 Å². The number of halogens is 3. The molecule has 1 saturated heterocycles. The topological polar surface area (TPSA) is 38.5 Å². The molecule has 0 aliphatic carbocycles. The summed E-state index contributed by atoms with van der Waals surface area (Å²) in [5.74, 6) is 0.831. The quantitative estimate of drug-likeness (QED) is 0.902. The van der Waals surface area contributed by atoms with Crippen LogP contribution in [-0.2, 0) is 0 Å². The van der Waals surface area contributed by atoms with Gasteiger partial charge in [-0.3, -0.25) is 4.90 Å². The minimum atomic E-state index is 0. The van der Waals surface area contributed by atoms with Crippen LogP contribution in [0.4, 0.5) is 0 Å². The Morgan fingerprint density at radius 3 is 2.89 bits per heavy atom. The number of nitrogens with two attached hydrogens (primary N) is 1. The fourth-order valence-corrected chi connectivity index (χ4v) is 2.74. The zero-order valence-corrected chi connectivity index (χ0v) is 13.1. The molecule has 1 aliphatic heterocycles. The van der Waals surface area contributed by atoms with E-state index >= 15 is 0 Å². The molecule has 1 aliphatic rings. The number of benzene rings is 1. The second-order valence-corrected chi connectivity index (χ2v) is 5.56. The summed E-state index contributed by atoms with van der Waals surface area (Å²) < 4.78 is 6.59. The van der Waals surface area contributed by atoms with Crippen molar-refractivity contribution in [3.05, 3.63) is 27.7 Å². The van der Waals surface area contributed by atoms with Gasteiger partial charge in [-0.05, 0) is 47.1 Å².